The number of aromatic nitrogens is 2. The highest BCUT2D eigenvalue weighted by Gasteiger charge is 2.22. The van der Waals surface area contributed by atoms with E-state index in [9.17, 15) is 4.79 Å². The predicted molar refractivity (Wildman–Crippen MR) is 105 cm³/mol. The largest absolute Gasteiger partial charge is 0.352 e. The van der Waals surface area contributed by atoms with E-state index in [2.05, 4.69) is 56.8 Å². The lowest BCUT2D eigenvalue weighted by molar-refractivity contribution is -0.128. The van der Waals surface area contributed by atoms with Crippen LogP contribution >= 0.6 is 27.7 Å². The molecule has 1 aromatic carbocycles. The zero-order chi connectivity index (χ0) is 17.8. The van der Waals surface area contributed by atoms with Crippen molar-refractivity contribution in [2.75, 3.05) is 36.8 Å². The number of halogens is 1. The summed E-state index contributed by atoms with van der Waals surface area (Å²) in [5.74, 6) is 1.56. The number of nitrogens with zero attached hydrogens (tertiary/aromatic N) is 4. The van der Waals surface area contributed by atoms with Gasteiger partial charge in [-0.3, -0.25) is 9.78 Å². The van der Waals surface area contributed by atoms with Crippen molar-refractivity contribution in [3.63, 3.8) is 0 Å². The van der Waals surface area contributed by atoms with Crippen molar-refractivity contribution in [3.8, 4) is 0 Å². The summed E-state index contributed by atoms with van der Waals surface area (Å²) in [6.45, 7) is 7.21. The van der Waals surface area contributed by atoms with Gasteiger partial charge in [-0.2, -0.15) is 0 Å². The topological polar surface area (TPSA) is 49.3 Å². The maximum Gasteiger partial charge on any atom is 0.233 e. The fourth-order valence-electron chi connectivity index (χ4n) is 2.78. The van der Waals surface area contributed by atoms with Crippen LogP contribution in [0.3, 0.4) is 0 Å². The molecule has 1 fully saturated rings. The number of anilines is 1. The van der Waals surface area contributed by atoms with Gasteiger partial charge in [-0.05, 0) is 37.1 Å². The van der Waals surface area contributed by atoms with Gasteiger partial charge in [0.2, 0.25) is 5.91 Å². The summed E-state index contributed by atoms with van der Waals surface area (Å²) in [5.41, 5.74) is 2.39. The first kappa shape index (κ1) is 18.2. The fourth-order valence-corrected chi connectivity index (χ4v) is 4.25. The van der Waals surface area contributed by atoms with Crippen molar-refractivity contribution >= 4 is 39.4 Å². The smallest absolute Gasteiger partial charge is 0.233 e. The molecule has 0 atom stereocenters. The summed E-state index contributed by atoms with van der Waals surface area (Å²) < 4.78 is 1.11. The first-order valence-electron chi connectivity index (χ1n) is 8.23. The van der Waals surface area contributed by atoms with E-state index in [0.29, 0.717) is 5.75 Å². The highest BCUT2D eigenvalue weighted by atomic mass is 79.9. The molecule has 0 N–H and O–H groups in total. The number of hydrogen-bond donors (Lipinski definition) is 0. The Bertz CT molecular complexity index is 748. The van der Waals surface area contributed by atoms with Crippen molar-refractivity contribution in [1.82, 2.24) is 14.9 Å². The average Bonchev–Trinajstić information content (AvgIpc) is 2.64. The van der Waals surface area contributed by atoms with Crippen molar-refractivity contribution in [1.29, 1.82) is 0 Å². The van der Waals surface area contributed by atoms with E-state index in [1.54, 1.807) is 30.4 Å². The van der Waals surface area contributed by atoms with Crippen LogP contribution in [0.25, 0.3) is 0 Å². The number of carbonyl (C=O) groups excluding carboxylic acids is 1. The van der Waals surface area contributed by atoms with Crippen LogP contribution in [-0.4, -0.2) is 52.7 Å². The molecule has 0 aliphatic carbocycles. The number of amides is 1. The fraction of sp³-hybridized carbons (Fsp3) is 0.389. The summed E-state index contributed by atoms with van der Waals surface area (Å²) >= 11 is 5.17. The molecule has 1 amide bonds. The molecule has 1 aromatic heterocycles. The molecule has 132 valence electrons. The van der Waals surface area contributed by atoms with Gasteiger partial charge in [-0.25, -0.2) is 4.98 Å². The van der Waals surface area contributed by atoms with Crippen molar-refractivity contribution < 1.29 is 4.79 Å². The number of rotatable bonds is 4. The number of hydrogen-bond acceptors (Lipinski definition) is 5. The minimum absolute atomic E-state index is 0.198. The quantitative estimate of drug-likeness (QED) is 0.710. The molecule has 2 aromatic rings. The van der Waals surface area contributed by atoms with Crippen molar-refractivity contribution in [2.24, 2.45) is 0 Å². The number of thioether (sulfide) groups is 1. The Morgan fingerprint density at radius 3 is 2.60 bits per heavy atom. The van der Waals surface area contributed by atoms with Gasteiger partial charge in [0, 0.05) is 47.9 Å². The molecule has 25 heavy (non-hydrogen) atoms. The molecule has 1 saturated heterocycles. The molecule has 3 rings (SSSR count). The lowest BCUT2D eigenvalue weighted by Gasteiger charge is -2.35. The summed E-state index contributed by atoms with van der Waals surface area (Å²) in [6.07, 6.45) is 5.14. The molecule has 0 saturated carbocycles. The van der Waals surface area contributed by atoms with Crippen LogP contribution in [-0.2, 0) is 4.79 Å². The second kappa shape index (κ2) is 8.19. The van der Waals surface area contributed by atoms with Crippen LogP contribution in [0.4, 0.5) is 5.82 Å². The zero-order valence-electron chi connectivity index (χ0n) is 14.4. The third-order valence-corrected chi connectivity index (χ3v) is 6.31. The Morgan fingerprint density at radius 1 is 1.16 bits per heavy atom. The minimum Gasteiger partial charge on any atom is -0.352 e. The Morgan fingerprint density at radius 2 is 1.92 bits per heavy atom. The van der Waals surface area contributed by atoms with Crippen molar-refractivity contribution in [2.45, 2.75) is 18.7 Å². The monoisotopic (exact) mass is 420 g/mol. The Kier molecular flexibility index (Phi) is 5.96. The molecule has 0 radical (unpaired) electrons. The van der Waals surface area contributed by atoms with Gasteiger partial charge in [0.25, 0.3) is 0 Å². The van der Waals surface area contributed by atoms with Crippen LogP contribution in [0.5, 0.6) is 0 Å². The molecule has 0 spiro atoms. The number of carbonyl (C=O) groups is 1. The van der Waals surface area contributed by atoms with E-state index in [1.165, 1.54) is 16.0 Å². The van der Waals surface area contributed by atoms with Gasteiger partial charge in [-0.15, -0.1) is 11.8 Å². The first-order valence-corrected chi connectivity index (χ1v) is 10.0. The highest BCUT2D eigenvalue weighted by molar-refractivity contribution is 9.10. The van der Waals surface area contributed by atoms with E-state index in [0.717, 1.165) is 36.5 Å². The maximum absolute atomic E-state index is 12.5. The third-order valence-electron chi connectivity index (χ3n) is 4.31. The van der Waals surface area contributed by atoms with Crippen molar-refractivity contribution in [3.05, 3.63) is 46.3 Å². The van der Waals surface area contributed by atoms with Crippen LogP contribution in [0.2, 0.25) is 0 Å². The lowest BCUT2D eigenvalue weighted by Crippen LogP contribution is -2.49. The molecule has 5 nitrogen and oxygen atoms in total. The van der Waals surface area contributed by atoms with Gasteiger partial charge in [0.15, 0.2) is 0 Å². The van der Waals surface area contributed by atoms with Gasteiger partial charge in [0.1, 0.15) is 5.82 Å². The van der Waals surface area contributed by atoms with Crippen LogP contribution in [0.1, 0.15) is 11.1 Å². The van der Waals surface area contributed by atoms with E-state index < -0.39 is 0 Å². The zero-order valence-corrected chi connectivity index (χ0v) is 16.8. The molecule has 1 aliphatic rings. The third kappa shape index (κ3) is 4.52. The molecule has 0 unspecified atom stereocenters. The minimum atomic E-state index is 0.198. The van der Waals surface area contributed by atoms with Gasteiger partial charge in [-0.1, -0.05) is 15.9 Å². The van der Waals surface area contributed by atoms with Crippen LogP contribution in [0, 0.1) is 13.8 Å². The predicted octanol–water partition coefficient (Wildman–Crippen LogP) is 3.30. The molecular weight excluding hydrogens is 400 g/mol. The molecular formula is C18H21BrN4OS. The van der Waals surface area contributed by atoms with E-state index in [4.69, 9.17) is 0 Å². The second-order valence-electron chi connectivity index (χ2n) is 6.09. The SMILES string of the molecule is Cc1cc(SCC(=O)N2CCN(c3cnccn3)CC2)c(C)cc1Br. The standard InChI is InChI=1S/C18H21BrN4OS/c1-13-10-16(14(2)9-15(13)19)25-12-18(24)23-7-5-22(6-8-23)17-11-20-3-4-21-17/h3-4,9-11H,5-8,12H2,1-2H3. The Labute approximate surface area is 161 Å². The van der Waals surface area contributed by atoms with Gasteiger partial charge < -0.3 is 9.80 Å². The average molecular weight is 421 g/mol. The molecule has 2 heterocycles. The summed E-state index contributed by atoms with van der Waals surface area (Å²) in [4.78, 5) is 26.3. The molecule has 0 bridgehead atoms. The van der Waals surface area contributed by atoms with Crippen LogP contribution < -0.4 is 4.90 Å². The molecule has 1 aliphatic heterocycles. The lowest BCUT2D eigenvalue weighted by atomic mass is 10.2. The maximum atomic E-state index is 12.5. The van der Waals surface area contributed by atoms with E-state index in [1.807, 2.05) is 4.90 Å². The van der Waals surface area contributed by atoms with E-state index >= 15 is 0 Å². The first-order chi connectivity index (χ1) is 12.0. The highest BCUT2D eigenvalue weighted by Crippen LogP contribution is 2.28. The van der Waals surface area contributed by atoms with Gasteiger partial charge in [0.05, 0.1) is 11.9 Å². The van der Waals surface area contributed by atoms with Crippen LogP contribution in [0.15, 0.2) is 40.1 Å². The normalized spacial score (nSPS) is 14.7. The summed E-state index contributed by atoms with van der Waals surface area (Å²) in [6, 6.07) is 4.26. The Balaban J connectivity index is 1.52. The number of benzene rings is 1. The number of aryl methyl sites for hydroxylation is 2. The van der Waals surface area contributed by atoms with Gasteiger partial charge >= 0.3 is 0 Å². The van der Waals surface area contributed by atoms with E-state index in [-0.39, 0.29) is 5.91 Å². The second-order valence-corrected chi connectivity index (χ2v) is 7.96. The number of piperazine rings is 1. The summed E-state index contributed by atoms with van der Waals surface area (Å²) in [7, 11) is 0. The Hall–Kier alpha value is -1.60. The summed E-state index contributed by atoms with van der Waals surface area (Å²) in [5, 5.41) is 0. The molecule has 7 heteroatoms.